The molecule has 2 aliphatic heterocycles. The zero-order chi connectivity index (χ0) is 11.8. The Hall–Kier alpha value is -0.160. The van der Waals surface area contributed by atoms with Crippen molar-refractivity contribution in [3.8, 4) is 0 Å². The molecule has 2 saturated heterocycles. The van der Waals surface area contributed by atoms with Crippen molar-refractivity contribution in [2.45, 2.75) is 37.9 Å². The van der Waals surface area contributed by atoms with Crippen molar-refractivity contribution < 1.29 is 0 Å². The van der Waals surface area contributed by atoms with Crippen molar-refractivity contribution in [1.82, 2.24) is 14.8 Å². The van der Waals surface area contributed by atoms with E-state index in [-0.39, 0.29) is 0 Å². The standard InChI is InChI=1S/C12H18ClN3S/c1-15-9-2-3-10(15)7-16(5-4-9)8-11-6-14-12(13)17-11/h6,9-10H,2-5,7-8H2,1H3. The lowest BCUT2D eigenvalue weighted by Crippen LogP contribution is -2.36. The van der Waals surface area contributed by atoms with Gasteiger partial charge in [-0.3, -0.25) is 9.80 Å². The summed E-state index contributed by atoms with van der Waals surface area (Å²) in [5, 5.41) is 0. The highest BCUT2D eigenvalue weighted by atomic mass is 35.5. The van der Waals surface area contributed by atoms with Crippen LogP contribution in [0.4, 0.5) is 0 Å². The first-order valence-corrected chi connectivity index (χ1v) is 7.46. The predicted octanol–water partition coefficient (Wildman–Crippen LogP) is 2.47. The molecule has 0 amide bonds. The van der Waals surface area contributed by atoms with Crippen molar-refractivity contribution >= 4 is 22.9 Å². The third-order valence-corrected chi connectivity index (χ3v) is 5.24. The Balaban J connectivity index is 1.65. The van der Waals surface area contributed by atoms with Gasteiger partial charge in [-0.05, 0) is 26.3 Å². The van der Waals surface area contributed by atoms with Crippen molar-refractivity contribution in [1.29, 1.82) is 0 Å². The number of fused-ring (bicyclic) bond motifs is 2. The molecule has 0 saturated carbocycles. The fraction of sp³-hybridized carbons (Fsp3) is 0.750. The summed E-state index contributed by atoms with van der Waals surface area (Å²) in [4.78, 5) is 10.5. The second-order valence-corrected chi connectivity index (χ2v) is 6.85. The Morgan fingerprint density at radius 2 is 2.24 bits per heavy atom. The number of rotatable bonds is 2. The highest BCUT2D eigenvalue weighted by molar-refractivity contribution is 7.15. The number of likely N-dealkylation sites (tertiary alicyclic amines) is 1. The highest BCUT2D eigenvalue weighted by Crippen LogP contribution is 2.29. The summed E-state index contributed by atoms with van der Waals surface area (Å²) in [7, 11) is 2.29. The first-order valence-electron chi connectivity index (χ1n) is 6.27. The minimum absolute atomic E-state index is 0.661. The summed E-state index contributed by atoms with van der Waals surface area (Å²) in [6.45, 7) is 3.42. The first kappa shape index (κ1) is 11.9. The van der Waals surface area contributed by atoms with Crippen LogP contribution in [0.25, 0.3) is 0 Å². The lowest BCUT2D eigenvalue weighted by atomic mass is 10.1. The molecular weight excluding hydrogens is 254 g/mol. The van der Waals surface area contributed by atoms with Gasteiger partial charge in [0.1, 0.15) is 0 Å². The molecule has 2 fully saturated rings. The quantitative estimate of drug-likeness (QED) is 0.824. The molecular formula is C12H18ClN3S. The van der Waals surface area contributed by atoms with Crippen molar-refractivity contribution in [3.05, 3.63) is 15.5 Å². The highest BCUT2D eigenvalue weighted by Gasteiger charge is 2.34. The van der Waals surface area contributed by atoms with Gasteiger partial charge in [-0.2, -0.15) is 0 Å². The van der Waals surface area contributed by atoms with E-state index in [2.05, 4.69) is 21.8 Å². The van der Waals surface area contributed by atoms with Crippen molar-refractivity contribution in [3.63, 3.8) is 0 Å². The Morgan fingerprint density at radius 3 is 3.00 bits per heavy atom. The summed E-state index contributed by atoms with van der Waals surface area (Å²) < 4.78 is 0.661. The molecule has 3 heterocycles. The van der Waals surface area contributed by atoms with E-state index in [0.717, 1.165) is 18.6 Å². The van der Waals surface area contributed by atoms with Crippen molar-refractivity contribution in [2.75, 3.05) is 20.1 Å². The largest absolute Gasteiger partial charge is 0.299 e. The van der Waals surface area contributed by atoms with Gasteiger partial charge in [0.25, 0.3) is 0 Å². The van der Waals surface area contributed by atoms with Crippen LogP contribution in [0.5, 0.6) is 0 Å². The number of halogens is 1. The smallest absolute Gasteiger partial charge is 0.183 e. The summed E-state index contributed by atoms with van der Waals surface area (Å²) in [5.74, 6) is 0. The van der Waals surface area contributed by atoms with E-state index in [1.807, 2.05) is 6.20 Å². The Kier molecular flexibility index (Phi) is 3.39. The van der Waals surface area contributed by atoms with Gasteiger partial charge >= 0.3 is 0 Å². The predicted molar refractivity (Wildman–Crippen MR) is 71.6 cm³/mol. The van der Waals surface area contributed by atoms with Crippen LogP contribution in [0, 0.1) is 0 Å². The lowest BCUT2D eigenvalue weighted by Gasteiger charge is -2.25. The van der Waals surface area contributed by atoms with Crippen molar-refractivity contribution in [2.24, 2.45) is 0 Å². The van der Waals surface area contributed by atoms with Crippen LogP contribution in [-0.4, -0.2) is 47.0 Å². The second kappa shape index (κ2) is 4.84. The third kappa shape index (κ3) is 2.50. The molecule has 0 N–H and O–H groups in total. The van der Waals surface area contributed by atoms with E-state index in [9.17, 15) is 0 Å². The lowest BCUT2D eigenvalue weighted by molar-refractivity contribution is 0.215. The number of nitrogens with zero attached hydrogens (tertiary/aromatic N) is 3. The maximum atomic E-state index is 5.88. The molecule has 0 spiro atoms. The zero-order valence-corrected chi connectivity index (χ0v) is 11.7. The summed E-state index contributed by atoms with van der Waals surface area (Å²) in [6, 6.07) is 1.57. The molecule has 0 aliphatic carbocycles. The Bertz CT molecular complexity index is 395. The van der Waals surface area contributed by atoms with Crippen LogP contribution < -0.4 is 0 Å². The number of thiazole rings is 1. The summed E-state index contributed by atoms with van der Waals surface area (Å²) in [6.07, 6.45) is 5.97. The average Bonchev–Trinajstić information content (AvgIpc) is 2.77. The van der Waals surface area contributed by atoms with Gasteiger partial charge in [0, 0.05) is 42.8 Å². The van der Waals surface area contributed by atoms with E-state index in [1.54, 1.807) is 11.3 Å². The molecule has 3 nitrogen and oxygen atoms in total. The van der Waals surface area contributed by atoms with Gasteiger partial charge in [0.2, 0.25) is 0 Å². The van der Waals surface area contributed by atoms with E-state index >= 15 is 0 Å². The molecule has 2 bridgehead atoms. The molecule has 5 heteroatoms. The summed E-state index contributed by atoms with van der Waals surface area (Å²) in [5.41, 5.74) is 0. The maximum absolute atomic E-state index is 5.88. The monoisotopic (exact) mass is 271 g/mol. The summed E-state index contributed by atoms with van der Waals surface area (Å²) >= 11 is 7.49. The van der Waals surface area contributed by atoms with Crippen LogP contribution in [0.1, 0.15) is 24.1 Å². The third-order valence-electron chi connectivity index (χ3n) is 4.14. The Morgan fingerprint density at radius 1 is 1.41 bits per heavy atom. The van der Waals surface area contributed by atoms with Crippen LogP contribution >= 0.6 is 22.9 Å². The number of aromatic nitrogens is 1. The van der Waals surface area contributed by atoms with Gasteiger partial charge in [0.05, 0.1) is 0 Å². The maximum Gasteiger partial charge on any atom is 0.183 e. The second-order valence-electron chi connectivity index (χ2n) is 5.15. The van der Waals surface area contributed by atoms with Crippen LogP contribution in [-0.2, 0) is 6.54 Å². The van der Waals surface area contributed by atoms with E-state index < -0.39 is 0 Å². The zero-order valence-electron chi connectivity index (χ0n) is 10.1. The normalized spacial score (nSPS) is 30.7. The minimum Gasteiger partial charge on any atom is -0.299 e. The molecule has 1 aromatic rings. The fourth-order valence-electron chi connectivity index (χ4n) is 3.10. The van der Waals surface area contributed by atoms with Gasteiger partial charge in [0.15, 0.2) is 4.47 Å². The molecule has 94 valence electrons. The van der Waals surface area contributed by atoms with Gasteiger partial charge in [-0.1, -0.05) is 11.6 Å². The minimum atomic E-state index is 0.661. The fourth-order valence-corrected chi connectivity index (χ4v) is 4.12. The molecule has 0 radical (unpaired) electrons. The number of hydrogen-bond donors (Lipinski definition) is 0. The topological polar surface area (TPSA) is 19.4 Å². The number of hydrogen-bond acceptors (Lipinski definition) is 4. The average molecular weight is 272 g/mol. The molecule has 3 rings (SSSR count). The first-order chi connectivity index (χ1) is 8.22. The number of likely N-dealkylation sites (N-methyl/N-ethyl adjacent to an activating group) is 1. The van der Waals surface area contributed by atoms with Crippen LogP contribution in [0.2, 0.25) is 4.47 Å². The van der Waals surface area contributed by atoms with Gasteiger partial charge < -0.3 is 0 Å². The Labute approximate surface area is 111 Å². The molecule has 2 unspecified atom stereocenters. The molecule has 1 aromatic heterocycles. The van der Waals surface area contributed by atoms with E-state index in [0.29, 0.717) is 4.47 Å². The van der Waals surface area contributed by atoms with E-state index in [1.165, 1.54) is 37.2 Å². The SMILES string of the molecule is CN1C2CCC1CN(Cc1cnc(Cl)s1)CC2. The molecule has 2 aliphatic rings. The van der Waals surface area contributed by atoms with Crippen LogP contribution in [0.3, 0.4) is 0 Å². The van der Waals surface area contributed by atoms with Gasteiger partial charge in [-0.25, -0.2) is 4.98 Å². The van der Waals surface area contributed by atoms with Gasteiger partial charge in [-0.15, -0.1) is 11.3 Å². The molecule has 2 atom stereocenters. The molecule has 17 heavy (non-hydrogen) atoms. The molecule has 0 aromatic carbocycles. The van der Waals surface area contributed by atoms with E-state index in [4.69, 9.17) is 11.6 Å². The van der Waals surface area contributed by atoms with Crippen LogP contribution in [0.15, 0.2) is 6.20 Å².